The molecule has 0 amide bonds. The number of hydrogen-bond acceptors (Lipinski definition) is 9. The second-order valence-corrected chi connectivity index (χ2v) is 16.4. The normalized spacial score (nSPS) is 37.7. The third-order valence-electron chi connectivity index (χ3n) is 11.4. The Morgan fingerprint density at radius 3 is 2.38 bits per heavy atom. The number of hydrogen-bond donors (Lipinski definition) is 1. The van der Waals surface area contributed by atoms with Gasteiger partial charge in [0.2, 0.25) is 15.1 Å². The number of thioether (sulfide) groups is 1. The Labute approximate surface area is 278 Å². The van der Waals surface area contributed by atoms with Crippen molar-refractivity contribution >= 4 is 38.7 Å². The second-order valence-electron chi connectivity index (χ2n) is 13.5. The molecule has 13 heteroatoms. The van der Waals surface area contributed by atoms with Gasteiger partial charge in [0.25, 0.3) is 0 Å². The molecule has 1 aromatic rings. The molecule has 9 nitrogen and oxygen atoms in total. The van der Waals surface area contributed by atoms with Gasteiger partial charge < -0.3 is 9.84 Å². The summed E-state index contributed by atoms with van der Waals surface area (Å²) in [6.07, 6.45) is -0.277. The van der Waals surface area contributed by atoms with E-state index in [9.17, 15) is 33.2 Å². The van der Waals surface area contributed by atoms with Gasteiger partial charge in [0.05, 0.1) is 28.4 Å². The lowest BCUT2D eigenvalue weighted by molar-refractivity contribution is -0.221. The van der Waals surface area contributed by atoms with Crippen molar-refractivity contribution in [2.45, 2.75) is 82.3 Å². The van der Waals surface area contributed by atoms with Gasteiger partial charge in [0, 0.05) is 35.8 Å². The fourth-order valence-corrected chi connectivity index (χ4v) is 11.4. The van der Waals surface area contributed by atoms with Gasteiger partial charge in [-0.3, -0.25) is 9.59 Å². The number of esters is 1. The molecule has 2 unspecified atom stereocenters. The van der Waals surface area contributed by atoms with Crippen molar-refractivity contribution in [3.8, 4) is 6.07 Å². The summed E-state index contributed by atoms with van der Waals surface area (Å²) in [4.78, 5) is 40.2. The van der Waals surface area contributed by atoms with Crippen LogP contribution in [0.5, 0.6) is 0 Å². The molecular weight excluding hydrogens is 651 g/mol. The van der Waals surface area contributed by atoms with Crippen LogP contribution in [-0.2, 0) is 24.3 Å². The van der Waals surface area contributed by atoms with E-state index < -0.39 is 79.0 Å². The van der Waals surface area contributed by atoms with Crippen molar-refractivity contribution in [1.29, 1.82) is 5.26 Å². The molecule has 9 atom stereocenters. The Morgan fingerprint density at radius 2 is 1.79 bits per heavy atom. The Morgan fingerprint density at radius 1 is 1.15 bits per heavy atom. The van der Waals surface area contributed by atoms with Gasteiger partial charge in [0.1, 0.15) is 6.17 Å². The predicted octanol–water partition coefficient (Wildman–Crippen LogP) is 4.96. The molecule has 3 saturated carbocycles. The number of alkyl halides is 2. The van der Waals surface area contributed by atoms with Crippen molar-refractivity contribution < 1.29 is 41.4 Å². The topological polar surface area (TPSA) is 142 Å². The number of rotatable bonds is 8. The second kappa shape index (κ2) is 12.2. The average molecular weight is 691 g/mol. The minimum absolute atomic E-state index is 0.0254. The first kappa shape index (κ1) is 35.4. The monoisotopic (exact) mass is 690 g/mol. The van der Waals surface area contributed by atoms with Crippen LogP contribution >= 0.6 is 11.8 Å². The number of ether oxygens (including phenoxy) is 1. The number of carbonyl (C=O) groups excluding carboxylic acids is 3. The molecule has 4 aliphatic rings. The van der Waals surface area contributed by atoms with Gasteiger partial charge in [-0.1, -0.05) is 45.5 Å². The number of aliphatic hydroxyl groups is 1. The van der Waals surface area contributed by atoms with Crippen molar-refractivity contribution in [2.75, 3.05) is 18.8 Å². The maximum atomic E-state index is 17.7. The molecule has 4 aliphatic carbocycles. The summed E-state index contributed by atoms with van der Waals surface area (Å²) >= 11 is 0.660. The fourth-order valence-electron chi connectivity index (χ4n) is 9.10. The summed E-state index contributed by atoms with van der Waals surface area (Å²) in [5.74, 6) is -4.19. The fraction of sp³-hybridized carbons (Fsp3) is 0.588. The van der Waals surface area contributed by atoms with Crippen LogP contribution in [0.25, 0.3) is 0 Å². The molecule has 0 saturated heterocycles. The molecule has 0 radical (unpaired) electrons. The number of ketones is 1. The van der Waals surface area contributed by atoms with E-state index in [1.807, 2.05) is 6.07 Å². The molecule has 1 N–H and O–H groups in total. The van der Waals surface area contributed by atoms with Crippen LogP contribution in [0.1, 0.15) is 64.2 Å². The smallest absolute Gasteiger partial charge is 0.339 e. The van der Waals surface area contributed by atoms with E-state index in [2.05, 4.69) is 0 Å². The van der Waals surface area contributed by atoms with E-state index in [-0.39, 0.29) is 54.1 Å². The molecule has 3 fully saturated rings. The van der Waals surface area contributed by atoms with Gasteiger partial charge in [-0.2, -0.15) is 9.57 Å². The third-order valence-corrected chi connectivity index (χ3v) is 14.3. The van der Waals surface area contributed by atoms with E-state index in [4.69, 9.17) is 4.74 Å². The summed E-state index contributed by atoms with van der Waals surface area (Å²) in [5.41, 5.74) is -7.39. The number of benzene rings is 1. The largest absolute Gasteiger partial charge is 0.446 e. The first-order valence-corrected chi connectivity index (χ1v) is 18.3. The zero-order valence-electron chi connectivity index (χ0n) is 27.0. The summed E-state index contributed by atoms with van der Waals surface area (Å²) in [7, 11) is -3.81. The van der Waals surface area contributed by atoms with Crippen LogP contribution in [0.15, 0.2) is 53.0 Å². The van der Waals surface area contributed by atoms with Crippen LogP contribution in [0.2, 0.25) is 0 Å². The highest BCUT2D eigenvalue weighted by molar-refractivity contribution is 8.14. The molecule has 0 heterocycles. The highest BCUT2D eigenvalue weighted by Crippen LogP contribution is 2.72. The van der Waals surface area contributed by atoms with Gasteiger partial charge >= 0.3 is 5.97 Å². The van der Waals surface area contributed by atoms with Crippen LogP contribution in [0, 0.1) is 39.9 Å². The van der Waals surface area contributed by atoms with Gasteiger partial charge in [0.15, 0.2) is 17.1 Å². The number of sulfonamides is 1. The highest BCUT2D eigenvalue weighted by Gasteiger charge is 2.78. The zero-order valence-corrected chi connectivity index (χ0v) is 28.7. The number of aliphatic hydroxyl groups excluding tert-OH is 1. The number of halogens is 2. The minimum atomic E-state index is -3.81. The van der Waals surface area contributed by atoms with Crippen LogP contribution < -0.4 is 0 Å². The number of carbonyl (C=O) groups is 3. The first-order chi connectivity index (χ1) is 22.0. The Balaban J connectivity index is 1.56. The van der Waals surface area contributed by atoms with E-state index in [1.165, 1.54) is 47.6 Å². The van der Waals surface area contributed by atoms with Crippen molar-refractivity contribution in [3.63, 3.8) is 0 Å². The van der Waals surface area contributed by atoms with Gasteiger partial charge in [-0.25, -0.2) is 22.0 Å². The van der Waals surface area contributed by atoms with Crippen molar-refractivity contribution in [1.82, 2.24) is 4.31 Å². The van der Waals surface area contributed by atoms with Crippen LogP contribution in [0.3, 0.4) is 0 Å². The lowest BCUT2D eigenvalue weighted by Crippen LogP contribution is -2.70. The predicted molar refractivity (Wildman–Crippen MR) is 171 cm³/mol. The number of fused-ring (bicyclic) bond motifs is 5. The maximum Gasteiger partial charge on any atom is 0.339 e. The summed E-state index contributed by atoms with van der Waals surface area (Å²) in [6.45, 7) is 8.76. The molecule has 0 aliphatic heterocycles. The molecule has 254 valence electrons. The van der Waals surface area contributed by atoms with E-state index >= 15 is 8.78 Å². The lowest BCUT2D eigenvalue weighted by Gasteiger charge is -2.63. The summed E-state index contributed by atoms with van der Waals surface area (Å²) in [6, 6.07) is 7.06. The number of nitrogens with zero attached hydrogens (tertiary/aromatic N) is 2. The SMILES string of the molecule is CCN(CC)S(=O)(=O)c1ccc(C(=O)O[C@]2(C(=O)SCC#N)[C@H](C)CC3C4C[C@H](F)C5=CC(=O)C=C[C@]5(C)[C@@]4(F)[C@@H](O)C[C@@]32C)cc1. The summed E-state index contributed by atoms with van der Waals surface area (Å²) < 4.78 is 67.0. The molecule has 1 aromatic carbocycles. The van der Waals surface area contributed by atoms with E-state index in [0.29, 0.717) is 11.8 Å². The maximum absolute atomic E-state index is 17.7. The summed E-state index contributed by atoms with van der Waals surface area (Å²) in [5, 5.41) is 20.4. The standard InChI is InChI=1S/C34H40F2N2O7S2/c1-6-38(7-2)47(43,44)23-10-8-21(9-11-23)29(41)45-34(30(42)46-15-14-37)20(3)16-24-25-18-27(35)26-17-22(39)12-13-31(26,4)33(25,36)28(40)19-32(24,34)5/h8-13,17,20,24-25,27-28,40H,6-7,15-16,18-19H2,1-5H3/t20-,24?,25?,27+,28+,31+,32+,33+,34+/m1/s1. The highest BCUT2D eigenvalue weighted by atomic mass is 32.2. The van der Waals surface area contributed by atoms with Gasteiger partial charge in [-0.15, -0.1) is 0 Å². The molecule has 0 spiro atoms. The van der Waals surface area contributed by atoms with Crippen LogP contribution in [0.4, 0.5) is 8.78 Å². The van der Waals surface area contributed by atoms with Crippen molar-refractivity contribution in [3.05, 3.63) is 53.6 Å². The average Bonchev–Trinajstić information content (AvgIpc) is 3.24. The van der Waals surface area contributed by atoms with Crippen LogP contribution in [-0.4, -0.2) is 77.1 Å². The minimum Gasteiger partial charge on any atom is -0.446 e. The van der Waals surface area contributed by atoms with Gasteiger partial charge in [-0.05, 0) is 74.1 Å². The zero-order chi connectivity index (χ0) is 34.7. The molecule has 0 aromatic heterocycles. The number of allylic oxidation sites excluding steroid dienone is 4. The number of nitriles is 1. The first-order valence-electron chi connectivity index (χ1n) is 15.8. The Bertz CT molecular complexity index is 1690. The lowest BCUT2D eigenvalue weighted by atomic mass is 9.44. The molecule has 0 bridgehead atoms. The van der Waals surface area contributed by atoms with E-state index in [1.54, 1.807) is 27.7 Å². The quantitative estimate of drug-likeness (QED) is 0.375. The third kappa shape index (κ3) is 4.96. The molecule has 5 rings (SSSR count). The Kier molecular flexibility index (Phi) is 9.18. The molecule has 47 heavy (non-hydrogen) atoms. The van der Waals surface area contributed by atoms with E-state index in [0.717, 1.165) is 6.08 Å². The van der Waals surface area contributed by atoms with Crippen molar-refractivity contribution in [2.24, 2.45) is 28.6 Å². The Hall–Kier alpha value is -2.92. The molecular formula is C34H40F2N2O7S2.